The number of carbonyl (C=O) groups is 1. The van der Waals surface area contributed by atoms with E-state index < -0.39 is 5.91 Å². The van der Waals surface area contributed by atoms with Gasteiger partial charge in [-0.3, -0.25) is 4.79 Å². The number of carbonyl (C=O) groups excluding carboxylic acids is 1. The van der Waals surface area contributed by atoms with Gasteiger partial charge in [-0.15, -0.1) is 0 Å². The minimum absolute atomic E-state index is 0.229. The number of methoxy groups -OCH3 is 1. The molecule has 29 heavy (non-hydrogen) atoms. The molecule has 0 saturated carbocycles. The fraction of sp³-hybridized carbons (Fsp3) is 0.0476. The number of hydrogen-bond acceptors (Lipinski definition) is 4. The van der Waals surface area contributed by atoms with Crippen LogP contribution >= 0.6 is 34.8 Å². The summed E-state index contributed by atoms with van der Waals surface area (Å²) in [6.45, 7) is 0. The summed E-state index contributed by atoms with van der Waals surface area (Å²) in [6.07, 6.45) is 0. The molecule has 1 heterocycles. The SMILES string of the molecule is COc1c(Cl)cc(Cl)cc1C(=O)Nc1ccc2oc(-c3ccc(Cl)cc3)nc2c1. The highest BCUT2D eigenvalue weighted by atomic mass is 35.5. The lowest BCUT2D eigenvalue weighted by molar-refractivity contribution is 0.102. The number of aromatic nitrogens is 1. The summed E-state index contributed by atoms with van der Waals surface area (Å²) in [7, 11) is 1.44. The number of oxazole rings is 1. The van der Waals surface area contributed by atoms with Crippen molar-refractivity contribution in [2.75, 3.05) is 12.4 Å². The Morgan fingerprint density at radius 1 is 1.00 bits per heavy atom. The smallest absolute Gasteiger partial charge is 0.259 e. The van der Waals surface area contributed by atoms with E-state index in [1.807, 2.05) is 12.1 Å². The second kappa shape index (κ2) is 7.95. The lowest BCUT2D eigenvalue weighted by Gasteiger charge is -2.11. The van der Waals surface area contributed by atoms with Gasteiger partial charge in [-0.2, -0.15) is 0 Å². The Bertz CT molecular complexity index is 1220. The zero-order valence-corrected chi connectivity index (χ0v) is 17.3. The number of nitrogens with zero attached hydrogens (tertiary/aromatic N) is 1. The molecule has 0 atom stereocenters. The third-order valence-corrected chi connectivity index (χ3v) is 4.94. The van der Waals surface area contributed by atoms with E-state index in [2.05, 4.69) is 10.3 Å². The Hall–Kier alpha value is -2.73. The zero-order valence-electron chi connectivity index (χ0n) is 15.0. The van der Waals surface area contributed by atoms with Crippen LogP contribution in [0.3, 0.4) is 0 Å². The fourth-order valence-corrected chi connectivity index (χ4v) is 3.55. The highest BCUT2D eigenvalue weighted by Crippen LogP contribution is 2.33. The molecule has 0 aliphatic rings. The summed E-state index contributed by atoms with van der Waals surface area (Å²) in [4.78, 5) is 17.2. The molecular weight excluding hydrogens is 435 g/mol. The van der Waals surface area contributed by atoms with Crippen molar-refractivity contribution in [3.63, 3.8) is 0 Å². The summed E-state index contributed by atoms with van der Waals surface area (Å²) in [5, 5.41) is 4.02. The Kier molecular flexibility index (Phi) is 5.37. The van der Waals surface area contributed by atoms with E-state index in [0.29, 0.717) is 32.7 Å². The van der Waals surface area contributed by atoms with Crippen LogP contribution < -0.4 is 10.1 Å². The average Bonchev–Trinajstić information content (AvgIpc) is 3.11. The molecule has 1 aromatic heterocycles. The molecule has 0 aliphatic heterocycles. The van der Waals surface area contributed by atoms with Gasteiger partial charge in [0, 0.05) is 21.3 Å². The Balaban J connectivity index is 1.64. The number of rotatable bonds is 4. The molecule has 1 amide bonds. The molecule has 4 aromatic rings. The van der Waals surface area contributed by atoms with Gasteiger partial charge < -0.3 is 14.5 Å². The molecule has 0 saturated heterocycles. The highest BCUT2D eigenvalue weighted by Gasteiger charge is 2.18. The van der Waals surface area contributed by atoms with Crippen LogP contribution in [0.1, 0.15) is 10.4 Å². The van der Waals surface area contributed by atoms with Gasteiger partial charge in [-0.1, -0.05) is 34.8 Å². The van der Waals surface area contributed by atoms with Crippen LogP contribution in [0.2, 0.25) is 15.1 Å². The molecule has 8 heteroatoms. The quantitative estimate of drug-likeness (QED) is 0.377. The topological polar surface area (TPSA) is 64.4 Å². The molecule has 4 rings (SSSR count). The van der Waals surface area contributed by atoms with Crippen LogP contribution in [0.4, 0.5) is 5.69 Å². The van der Waals surface area contributed by atoms with Gasteiger partial charge >= 0.3 is 0 Å². The average molecular weight is 448 g/mol. The van der Waals surface area contributed by atoms with Crippen molar-refractivity contribution < 1.29 is 13.9 Å². The molecule has 0 spiro atoms. The zero-order chi connectivity index (χ0) is 20.5. The van der Waals surface area contributed by atoms with Gasteiger partial charge in [0.15, 0.2) is 5.58 Å². The molecular formula is C21H13Cl3N2O3. The molecule has 0 aliphatic carbocycles. The third-order valence-electron chi connectivity index (χ3n) is 4.19. The number of amides is 1. The van der Waals surface area contributed by atoms with Crippen LogP contribution in [0.25, 0.3) is 22.6 Å². The van der Waals surface area contributed by atoms with E-state index in [-0.39, 0.29) is 16.3 Å². The number of ether oxygens (including phenoxy) is 1. The first-order valence-corrected chi connectivity index (χ1v) is 9.59. The Labute approximate surface area is 181 Å². The summed E-state index contributed by atoms with van der Waals surface area (Å²) < 4.78 is 11.0. The van der Waals surface area contributed by atoms with E-state index in [0.717, 1.165) is 5.56 Å². The normalized spacial score (nSPS) is 10.9. The number of fused-ring (bicyclic) bond motifs is 1. The fourth-order valence-electron chi connectivity index (χ4n) is 2.86. The Morgan fingerprint density at radius 3 is 2.48 bits per heavy atom. The third kappa shape index (κ3) is 4.03. The van der Waals surface area contributed by atoms with Gasteiger partial charge in [0.05, 0.1) is 17.7 Å². The van der Waals surface area contributed by atoms with Crippen molar-refractivity contribution in [2.45, 2.75) is 0 Å². The highest BCUT2D eigenvalue weighted by molar-refractivity contribution is 6.36. The maximum absolute atomic E-state index is 12.7. The first-order valence-electron chi connectivity index (χ1n) is 8.45. The van der Waals surface area contributed by atoms with Crippen LogP contribution in [-0.2, 0) is 0 Å². The summed E-state index contributed by atoms with van der Waals surface area (Å²) in [5.74, 6) is 0.302. The molecule has 1 N–H and O–H groups in total. The van der Waals surface area contributed by atoms with Crippen molar-refractivity contribution in [3.8, 4) is 17.2 Å². The standard InChI is InChI=1S/C21H13Cl3N2O3/c1-28-19-15(8-13(23)9-16(19)24)20(27)25-14-6-7-18-17(10-14)26-21(29-18)11-2-4-12(22)5-3-11/h2-10H,1H3,(H,25,27). The maximum atomic E-state index is 12.7. The molecule has 146 valence electrons. The Morgan fingerprint density at radius 2 is 1.76 bits per heavy atom. The minimum atomic E-state index is -0.410. The van der Waals surface area contributed by atoms with Crippen molar-refractivity contribution >= 4 is 57.5 Å². The largest absolute Gasteiger partial charge is 0.494 e. The van der Waals surface area contributed by atoms with Crippen molar-refractivity contribution in [2.24, 2.45) is 0 Å². The van der Waals surface area contributed by atoms with E-state index >= 15 is 0 Å². The summed E-state index contributed by atoms with van der Waals surface area (Å²) in [6, 6.07) is 15.4. The minimum Gasteiger partial charge on any atom is -0.494 e. The second-order valence-electron chi connectivity index (χ2n) is 6.13. The van der Waals surface area contributed by atoms with Gasteiger partial charge in [0.25, 0.3) is 5.91 Å². The van der Waals surface area contributed by atoms with Crippen molar-refractivity contribution in [1.29, 1.82) is 0 Å². The molecule has 0 bridgehead atoms. The molecule has 0 fully saturated rings. The monoisotopic (exact) mass is 446 g/mol. The first-order chi connectivity index (χ1) is 13.9. The van der Waals surface area contributed by atoms with Gasteiger partial charge in [0.2, 0.25) is 5.89 Å². The van der Waals surface area contributed by atoms with Gasteiger partial charge in [-0.25, -0.2) is 4.98 Å². The first kappa shape index (κ1) is 19.6. The number of benzene rings is 3. The second-order valence-corrected chi connectivity index (χ2v) is 7.41. The van der Waals surface area contributed by atoms with E-state index in [9.17, 15) is 4.79 Å². The van der Waals surface area contributed by atoms with E-state index in [1.54, 1.807) is 30.3 Å². The molecule has 3 aromatic carbocycles. The molecule has 0 radical (unpaired) electrons. The van der Waals surface area contributed by atoms with Crippen molar-refractivity contribution in [1.82, 2.24) is 4.98 Å². The van der Waals surface area contributed by atoms with Gasteiger partial charge in [0.1, 0.15) is 11.3 Å². The lowest BCUT2D eigenvalue weighted by atomic mass is 10.1. The number of anilines is 1. The maximum Gasteiger partial charge on any atom is 0.259 e. The molecule has 0 unspecified atom stereocenters. The van der Waals surface area contributed by atoms with Crippen LogP contribution in [0.5, 0.6) is 5.75 Å². The predicted molar refractivity (Wildman–Crippen MR) is 115 cm³/mol. The number of halogens is 3. The predicted octanol–water partition coefficient (Wildman–Crippen LogP) is 6.72. The number of nitrogens with one attached hydrogen (secondary N) is 1. The van der Waals surface area contributed by atoms with Crippen LogP contribution in [0.15, 0.2) is 59.0 Å². The molecule has 5 nitrogen and oxygen atoms in total. The number of hydrogen-bond donors (Lipinski definition) is 1. The summed E-state index contributed by atoms with van der Waals surface area (Å²) in [5.41, 5.74) is 2.76. The van der Waals surface area contributed by atoms with Crippen molar-refractivity contribution in [3.05, 3.63) is 75.2 Å². The summed E-state index contributed by atoms with van der Waals surface area (Å²) >= 11 is 18.1. The van der Waals surface area contributed by atoms with E-state index in [4.69, 9.17) is 44.0 Å². The lowest BCUT2D eigenvalue weighted by Crippen LogP contribution is -2.13. The van der Waals surface area contributed by atoms with Gasteiger partial charge in [-0.05, 0) is 54.6 Å². The van der Waals surface area contributed by atoms with E-state index in [1.165, 1.54) is 19.2 Å². The van der Waals surface area contributed by atoms with Crippen LogP contribution in [0, 0.1) is 0 Å². The van der Waals surface area contributed by atoms with Crippen LogP contribution in [-0.4, -0.2) is 18.0 Å².